The quantitative estimate of drug-likeness (QED) is 0.605. The number of primary sulfonamides is 1. The summed E-state index contributed by atoms with van der Waals surface area (Å²) in [6.45, 7) is 7.63. The van der Waals surface area contributed by atoms with Gasteiger partial charge in [0, 0.05) is 26.2 Å². The molecule has 0 saturated carbocycles. The number of morpholine rings is 1. The standard InChI is InChI=1S/C19H31N3O5S/c1-3-5-7-21(8-6-4-2)16-13-15(19(23)24)14-17(28(20,25)26)18(16)22-9-11-27-12-10-22/h13-14H,3-12H2,1-2H3,(H,23,24)(H2,20,25,26). The molecule has 1 fully saturated rings. The van der Waals surface area contributed by atoms with Gasteiger partial charge in [0.2, 0.25) is 10.0 Å². The van der Waals surface area contributed by atoms with Gasteiger partial charge in [-0.3, -0.25) is 0 Å². The van der Waals surface area contributed by atoms with Gasteiger partial charge >= 0.3 is 5.97 Å². The molecule has 0 radical (unpaired) electrons. The zero-order valence-electron chi connectivity index (χ0n) is 16.7. The van der Waals surface area contributed by atoms with Gasteiger partial charge < -0.3 is 19.6 Å². The van der Waals surface area contributed by atoms with Crippen LogP contribution in [0.25, 0.3) is 0 Å². The maximum Gasteiger partial charge on any atom is 0.335 e. The van der Waals surface area contributed by atoms with Crippen molar-refractivity contribution in [3.05, 3.63) is 17.7 Å². The highest BCUT2D eigenvalue weighted by Gasteiger charge is 2.28. The molecule has 0 aromatic heterocycles. The van der Waals surface area contributed by atoms with E-state index in [-0.39, 0.29) is 10.5 Å². The van der Waals surface area contributed by atoms with Crippen LogP contribution in [0, 0.1) is 0 Å². The van der Waals surface area contributed by atoms with Gasteiger partial charge in [-0.2, -0.15) is 0 Å². The van der Waals surface area contributed by atoms with Crippen LogP contribution in [0.5, 0.6) is 0 Å². The Morgan fingerprint density at radius 1 is 1.18 bits per heavy atom. The van der Waals surface area contributed by atoms with E-state index < -0.39 is 16.0 Å². The molecule has 1 aromatic carbocycles. The third-order valence-electron chi connectivity index (χ3n) is 4.84. The first-order chi connectivity index (χ1) is 13.3. The number of carbonyl (C=O) groups is 1. The molecule has 0 spiro atoms. The van der Waals surface area contributed by atoms with Crippen molar-refractivity contribution in [1.29, 1.82) is 0 Å². The maximum atomic E-state index is 12.4. The van der Waals surface area contributed by atoms with Crippen LogP contribution < -0.4 is 14.9 Å². The molecule has 8 nitrogen and oxygen atoms in total. The maximum absolute atomic E-state index is 12.4. The lowest BCUT2D eigenvalue weighted by Crippen LogP contribution is -2.39. The van der Waals surface area contributed by atoms with Crippen molar-refractivity contribution < 1.29 is 23.1 Å². The summed E-state index contributed by atoms with van der Waals surface area (Å²) in [6, 6.07) is 2.75. The number of rotatable bonds is 10. The minimum atomic E-state index is -4.11. The number of nitrogens with zero attached hydrogens (tertiary/aromatic N) is 2. The highest BCUT2D eigenvalue weighted by Crippen LogP contribution is 2.38. The molecule has 1 saturated heterocycles. The van der Waals surface area contributed by atoms with Gasteiger partial charge in [-0.05, 0) is 25.0 Å². The molecule has 158 valence electrons. The second-order valence-electron chi connectivity index (χ2n) is 6.99. The van der Waals surface area contributed by atoms with Gasteiger partial charge in [-0.1, -0.05) is 26.7 Å². The van der Waals surface area contributed by atoms with E-state index in [0.717, 1.165) is 38.8 Å². The summed E-state index contributed by atoms with van der Waals surface area (Å²) in [5, 5.41) is 15.1. The van der Waals surface area contributed by atoms with Crippen molar-refractivity contribution in [2.45, 2.75) is 44.4 Å². The summed E-state index contributed by atoms with van der Waals surface area (Å²) in [7, 11) is -4.11. The fourth-order valence-electron chi connectivity index (χ4n) is 3.33. The number of unbranched alkanes of at least 4 members (excludes halogenated alkanes) is 2. The molecule has 1 aliphatic rings. The van der Waals surface area contributed by atoms with E-state index in [9.17, 15) is 18.3 Å². The summed E-state index contributed by atoms with van der Waals surface area (Å²) in [6.07, 6.45) is 3.81. The Labute approximate surface area is 167 Å². The number of sulfonamides is 1. The fraction of sp³-hybridized carbons (Fsp3) is 0.632. The second kappa shape index (κ2) is 10.1. The highest BCUT2D eigenvalue weighted by molar-refractivity contribution is 7.89. The van der Waals surface area contributed by atoms with E-state index in [0.29, 0.717) is 37.7 Å². The van der Waals surface area contributed by atoms with Crippen LogP contribution in [-0.2, 0) is 14.8 Å². The molecular formula is C19H31N3O5S. The van der Waals surface area contributed by atoms with Crippen LogP contribution in [-0.4, -0.2) is 58.9 Å². The van der Waals surface area contributed by atoms with E-state index in [1.807, 2.05) is 4.90 Å². The molecule has 28 heavy (non-hydrogen) atoms. The average molecular weight is 414 g/mol. The number of aromatic carboxylic acids is 1. The molecule has 1 heterocycles. The molecule has 1 aromatic rings. The van der Waals surface area contributed by atoms with Gasteiger partial charge in [0.1, 0.15) is 4.90 Å². The first-order valence-electron chi connectivity index (χ1n) is 9.81. The number of carboxylic acid groups (broad SMARTS) is 1. The Kier molecular flexibility index (Phi) is 8.09. The summed E-state index contributed by atoms with van der Waals surface area (Å²) in [5.74, 6) is -1.18. The smallest absolute Gasteiger partial charge is 0.335 e. The molecule has 0 unspecified atom stereocenters. The van der Waals surface area contributed by atoms with E-state index >= 15 is 0 Å². The number of hydrogen-bond donors (Lipinski definition) is 2. The number of benzene rings is 1. The molecular weight excluding hydrogens is 382 g/mol. The largest absolute Gasteiger partial charge is 0.478 e. The summed E-state index contributed by atoms with van der Waals surface area (Å²) in [5.41, 5.74) is 1.03. The first-order valence-corrected chi connectivity index (χ1v) is 11.4. The Balaban J connectivity index is 2.69. The first kappa shape index (κ1) is 22.4. The molecule has 0 bridgehead atoms. The molecule has 9 heteroatoms. The Morgan fingerprint density at radius 3 is 2.21 bits per heavy atom. The molecule has 1 aliphatic heterocycles. The Morgan fingerprint density at radius 2 is 1.75 bits per heavy atom. The lowest BCUT2D eigenvalue weighted by molar-refractivity contribution is 0.0696. The molecule has 0 atom stereocenters. The van der Waals surface area contributed by atoms with Crippen molar-refractivity contribution in [3.8, 4) is 0 Å². The van der Waals surface area contributed by atoms with Crippen LogP contribution >= 0.6 is 0 Å². The zero-order chi connectivity index (χ0) is 20.7. The average Bonchev–Trinajstić information content (AvgIpc) is 2.67. The van der Waals surface area contributed by atoms with Crippen LogP contribution in [0.2, 0.25) is 0 Å². The van der Waals surface area contributed by atoms with Gasteiger partial charge in [0.15, 0.2) is 0 Å². The lowest BCUT2D eigenvalue weighted by atomic mass is 10.1. The van der Waals surface area contributed by atoms with Gasteiger partial charge in [-0.25, -0.2) is 18.4 Å². The predicted molar refractivity (Wildman–Crippen MR) is 110 cm³/mol. The van der Waals surface area contributed by atoms with E-state index in [4.69, 9.17) is 9.88 Å². The number of ether oxygens (including phenoxy) is 1. The summed E-state index contributed by atoms with van der Waals surface area (Å²) >= 11 is 0. The number of hydrogen-bond acceptors (Lipinski definition) is 6. The van der Waals surface area contributed by atoms with Gasteiger partial charge in [-0.15, -0.1) is 0 Å². The van der Waals surface area contributed by atoms with Gasteiger partial charge in [0.05, 0.1) is 30.2 Å². The Bertz CT molecular complexity index is 768. The monoisotopic (exact) mass is 413 g/mol. The minimum Gasteiger partial charge on any atom is -0.478 e. The van der Waals surface area contributed by atoms with Crippen LogP contribution in [0.15, 0.2) is 17.0 Å². The minimum absolute atomic E-state index is 0.0750. The topological polar surface area (TPSA) is 113 Å². The molecule has 0 amide bonds. The third kappa shape index (κ3) is 5.59. The molecule has 2 rings (SSSR count). The summed E-state index contributed by atoms with van der Waals surface area (Å²) < 4.78 is 30.2. The van der Waals surface area contributed by atoms with Crippen molar-refractivity contribution in [3.63, 3.8) is 0 Å². The van der Waals surface area contributed by atoms with E-state index in [2.05, 4.69) is 18.7 Å². The van der Waals surface area contributed by atoms with Gasteiger partial charge in [0.25, 0.3) is 0 Å². The predicted octanol–water partition coefficient (Wildman–Crippen LogP) is 2.28. The zero-order valence-corrected chi connectivity index (χ0v) is 17.5. The third-order valence-corrected chi connectivity index (χ3v) is 5.76. The highest BCUT2D eigenvalue weighted by atomic mass is 32.2. The van der Waals surface area contributed by atoms with Crippen molar-refractivity contribution in [2.75, 3.05) is 49.2 Å². The van der Waals surface area contributed by atoms with E-state index in [1.54, 1.807) is 6.07 Å². The molecule has 3 N–H and O–H groups in total. The second-order valence-corrected chi connectivity index (χ2v) is 8.52. The lowest BCUT2D eigenvalue weighted by Gasteiger charge is -2.36. The SMILES string of the molecule is CCCCN(CCCC)c1cc(C(=O)O)cc(S(N)(=O)=O)c1N1CCOCC1. The van der Waals surface area contributed by atoms with E-state index in [1.165, 1.54) is 6.07 Å². The molecule has 0 aliphatic carbocycles. The number of carboxylic acids is 1. The van der Waals surface area contributed by atoms with Crippen molar-refractivity contribution in [1.82, 2.24) is 0 Å². The normalized spacial score (nSPS) is 14.9. The number of anilines is 2. The van der Waals surface area contributed by atoms with Crippen LogP contribution in [0.1, 0.15) is 49.9 Å². The Hall–Kier alpha value is -1.84. The van der Waals surface area contributed by atoms with Crippen LogP contribution in [0.3, 0.4) is 0 Å². The van der Waals surface area contributed by atoms with Crippen molar-refractivity contribution in [2.24, 2.45) is 5.14 Å². The fourth-order valence-corrected chi connectivity index (χ4v) is 4.12. The van der Waals surface area contributed by atoms with Crippen LogP contribution in [0.4, 0.5) is 11.4 Å². The number of nitrogens with two attached hydrogens (primary N) is 1. The van der Waals surface area contributed by atoms with Crippen molar-refractivity contribution >= 4 is 27.4 Å². The summed E-state index contributed by atoms with van der Waals surface area (Å²) in [4.78, 5) is 15.6.